The van der Waals surface area contributed by atoms with E-state index in [1.165, 1.54) is 64.8 Å². The highest BCUT2D eigenvalue weighted by Crippen LogP contribution is 2.62. The van der Waals surface area contributed by atoms with Gasteiger partial charge in [0.05, 0.1) is 63.7 Å². The lowest BCUT2D eigenvalue weighted by atomic mass is 9.83. The predicted molar refractivity (Wildman–Crippen MR) is 181 cm³/mol. The number of carbonyl (C=O) groups excluding carboxylic acids is 4. The average Bonchev–Trinajstić information content (AvgIpc) is 3.81. The third kappa shape index (κ3) is 4.57. The SMILES string of the molecule is COc1cccc([C@@H]2[C@@H]3C(=O)N(c4cccc(F)c4)C(=O)[C@@H]3N3[C@H](c4cccc(OC)c4OC)[C@@H]4C(=O)N(c5cccc(F)c5)C(=O)[C@H]4N23)c1OC. The third-order valence-electron chi connectivity index (χ3n) is 10.4. The molecule has 8 rings (SSSR count). The van der Waals surface area contributed by atoms with Gasteiger partial charge in [0.25, 0.3) is 11.8 Å². The predicted octanol–water partition coefficient (Wildman–Crippen LogP) is 4.44. The minimum atomic E-state index is -1.27. The summed E-state index contributed by atoms with van der Waals surface area (Å²) in [7, 11) is 5.76. The van der Waals surface area contributed by atoms with E-state index >= 15 is 0 Å². The number of hydrogen-bond acceptors (Lipinski definition) is 10. The number of amides is 4. The zero-order valence-electron chi connectivity index (χ0n) is 28.4. The molecule has 52 heavy (non-hydrogen) atoms. The van der Waals surface area contributed by atoms with Crippen LogP contribution in [-0.4, -0.2) is 74.2 Å². The third-order valence-corrected chi connectivity index (χ3v) is 10.4. The summed E-state index contributed by atoms with van der Waals surface area (Å²) < 4.78 is 52.0. The van der Waals surface area contributed by atoms with Gasteiger partial charge in [0, 0.05) is 11.1 Å². The molecule has 0 radical (unpaired) electrons. The van der Waals surface area contributed by atoms with Crippen molar-refractivity contribution in [1.82, 2.24) is 10.0 Å². The minimum Gasteiger partial charge on any atom is -0.493 e. The van der Waals surface area contributed by atoms with E-state index in [2.05, 4.69) is 0 Å². The molecule has 0 N–H and O–H groups in total. The molecule has 0 bridgehead atoms. The Morgan fingerprint density at radius 3 is 1.21 bits per heavy atom. The highest BCUT2D eigenvalue weighted by molar-refractivity contribution is 6.26. The van der Waals surface area contributed by atoms with E-state index in [1.807, 2.05) is 0 Å². The number of hydrogen-bond donors (Lipinski definition) is 0. The molecule has 0 aliphatic carbocycles. The van der Waals surface area contributed by atoms with Crippen LogP contribution in [0.2, 0.25) is 0 Å². The van der Waals surface area contributed by atoms with Crippen LogP contribution in [0.25, 0.3) is 0 Å². The van der Waals surface area contributed by atoms with Gasteiger partial charge in [0.2, 0.25) is 11.8 Å². The normalized spacial score (nSPS) is 25.4. The van der Waals surface area contributed by atoms with Crippen molar-refractivity contribution in [3.05, 3.63) is 108 Å². The molecule has 4 saturated heterocycles. The number of carbonyl (C=O) groups is 4. The molecule has 4 aliphatic rings. The van der Waals surface area contributed by atoms with Gasteiger partial charge in [-0.1, -0.05) is 36.4 Å². The number of halogens is 2. The molecule has 12 nitrogen and oxygen atoms in total. The summed E-state index contributed by atoms with van der Waals surface area (Å²) in [5.41, 5.74) is 0.879. The van der Waals surface area contributed by atoms with E-state index in [9.17, 15) is 28.0 Å². The maximum absolute atomic E-state index is 14.7. The van der Waals surface area contributed by atoms with Gasteiger partial charge >= 0.3 is 0 Å². The number of rotatable bonds is 8. The van der Waals surface area contributed by atoms with Gasteiger partial charge in [0.1, 0.15) is 23.7 Å². The lowest BCUT2D eigenvalue weighted by Crippen LogP contribution is -2.50. The van der Waals surface area contributed by atoms with Gasteiger partial charge < -0.3 is 18.9 Å². The summed E-state index contributed by atoms with van der Waals surface area (Å²) in [5.74, 6) is -5.14. The second-order valence-corrected chi connectivity index (χ2v) is 12.7. The van der Waals surface area contributed by atoms with Crippen LogP contribution < -0.4 is 28.7 Å². The van der Waals surface area contributed by atoms with E-state index in [0.717, 1.165) is 21.9 Å². The molecule has 0 unspecified atom stereocenters. The van der Waals surface area contributed by atoms with Crippen LogP contribution in [0.4, 0.5) is 20.2 Å². The number of benzene rings is 4. The molecule has 4 heterocycles. The Hall–Kier alpha value is -5.86. The highest BCUT2D eigenvalue weighted by Gasteiger charge is 2.74. The van der Waals surface area contributed by atoms with Crippen molar-refractivity contribution in [3.63, 3.8) is 0 Å². The fourth-order valence-corrected chi connectivity index (χ4v) is 8.48. The van der Waals surface area contributed by atoms with Crippen molar-refractivity contribution in [1.29, 1.82) is 0 Å². The molecule has 0 spiro atoms. The number of nitrogens with zero attached hydrogens (tertiary/aromatic N) is 4. The number of para-hydroxylation sites is 2. The van der Waals surface area contributed by atoms with E-state index in [4.69, 9.17) is 18.9 Å². The van der Waals surface area contributed by atoms with Crippen LogP contribution in [0.15, 0.2) is 84.9 Å². The van der Waals surface area contributed by atoms with Crippen molar-refractivity contribution in [3.8, 4) is 23.0 Å². The monoisotopic (exact) mass is 710 g/mol. The van der Waals surface area contributed by atoms with Gasteiger partial charge in [-0.25, -0.2) is 28.6 Å². The van der Waals surface area contributed by atoms with Crippen LogP contribution in [0.3, 0.4) is 0 Å². The van der Waals surface area contributed by atoms with Crippen LogP contribution >= 0.6 is 0 Å². The van der Waals surface area contributed by atoms with Crippen molar-refractivity contribution in [2.75, 3.05) is 38.2 Å². The zero-order valence-corrected chi connectivity index (χ0v) is 28.4. The van der Waals surface area contributed by atoms with Crippen molar-refractivity contribution >= 4 is 35.0 Å². The Balaban J connectivity index is 1.40. The van der Waals surface area contributed by atoms with E-state index in [-0.39, 0.29) is 22.9 Å². The van der Waals surface area contributed by atoms with E-state index < -0.39 is 71.3 Å². The summed E-state index contributed by atoms with van der Waals surface area (Å²) in [6, 6.07) is 15.7. The molecule has 4 fully saturated rings. The second kappa shape index (κ2) is 12.4. The summed E-state index contributed by atoms with van der Waals surface area (Å²) in [4.78, 5) is 60.8. The molecular weight excluding hydrogens is 678 g/mol. The fourth-order valence-electron chi connectivity index (χ4n) is 8.48. The van der Waals surface area contributed by atoms with Crippen molar-refractivity contribution < 1.29 is 46.9 Å². The van der Waals surface area contributed by atoms with Gasteiger partial charge in [-0.3, -0.25) is 19.2 Å². The maximum Gasteiger partial charge on any atom is 0.253 e. The first-order chi connectivity index (χ1) is 25.2. The van der Waals surface area contributed by atoms with E-state index in [1.54, 1.807) is 46.4 Å². The van der Waals surface area contributed by atoms with Crippen LogP contribution in [0.1, 0.15) is 23.2 Å². The Morgan fingerprint density at radius 1 is 0.481 bits per heavy atom. The first-order valence-electron chi connectivity index (χ1n) is 16.4. The molecule has 0 saturated carbocycles. The topological polar surface area (TPSA) is 118 Å². The molecule has 266 valence electrons. The molecule has 0 aromatic heterocycles. The average molecular weight is 711 g/mol. The maximum atomic E-state index is 14.7. The summed E-state index contributed by atoms with van der Waals surface area (Å²) in [6.07, 6.45) is 0. The Morgan fingerprint density at radius 2 is 0.865 bits per heavy atom. The first kappa shape index (κ1) is 33.3. The lowest BCUT2D eigenvalue weighted by molar-refractivity contribution is -0.136. The second-order valence-electron chi connectivity index (χ2n) is 12.7. The molecular formula is C38H32F2N4O8. The number of methoxy groups -OCH3 is 4. The van der Waals surface area contributed by atoms with Gasteiger partial charge in [-0.15, -0.1) is 0 Å². The highest BCUT2D eigenvalue weighted by atomic mass is 19.1. The van der Waals surface area contributed by atoms with Crippen LogP contribution in [0.5, 0.6) is 23.0 Å². The number of anilines is 2. The molecule has 6 atom stereocenters. The number of fused-ring (bicyclic) bond motifs is 5. The van der Waals surface area contributed by atoms with Gasteiger partial charge in [-0.2, -0.15) is 0 Å². The number of imide groups is 2. The zero-order chi connectivity index (χ0) is 36.6. The quantitative estimate of drug-likeness (QED) is 0.243. The number of ether oxygens (including phenoxy) is 4. The Labute approximate surface area is 296 Å². The first-order valence-corrected chi connectivity index (χ1v) is 16.4. The summed E-state index contributed by atoms with van der Waals surface area (Å²) in [6.45, 7) is 0. The number of hydrazine groups is 1. The van der Waals surface area contributed by atoms with E-state index in [0.29, 0.717) is 22.6 Å². The fraction of sp³-hybridized carbons (Fsp3) is 0.263. The standard InChI is InChI=1S/C38H32F2N4O8/c1-49-25-15-7-13-23(33(25)51-3)29-27-31(37(47)41(35(27)45)21-11-5-9-19(39)17-21)44-30(24-14-8-16-26(50-2)34(24)52-4)28-32(43(29)44)38(48)42(36(28)46)22-12-6-10-20(40)18-22/h5-18,27-32H,1-4H3/t27-,28-,29+,30+,31-,32+/m0/s1. The molecule has 4 aromatic rings. The van der Waals surface area contributed by atoms with Crippen LogP contribution in [0, 0.1) is 23.5 Å². The molecule has 4 aliphatic heterocycles. The van der Waals surface area contributed by atoms with Crippen molar-refractivity contribution in [2.45, 2.75) is 24.2 Å². The largest absolute Gasteiger partial charge is 0.493 e. The molecule has 4 amide bonds. The van der Waals surface area contributed by atoms with Gasteiger partial charge in [-0.05, 0) is 48.5 Å². The van der Waals surface area contributed by atoms with Crippen LogP contribution in [-0.2, 0) is 19.2 Å². The lowest BCUT2D eigenvalue weighted by Gasteiger charge is -2.36. The van der Waals surface area contributed by atoms with Gasteiger partial charge in [0.15, 0.2) is 23.0 Å². The Kier molecular flexibility index (Phi) is 7.95. The molecule has 4 aromatic carbocycles. The summed E-state index contributed by atoms with van der Waals surface area (Å²) >= 11 is 0. The minimum absolute atomic E-state index is 0.0339. The van der Waals surface area contributed by atoms with Crippen molar-refractivity contribution in [2.24, 2.45) is 11.8 Å². The smallest absolute Gasteiger partial charge is 0.253 e. The summed E-state index contributed by atoms with van der Waals surface area (Å²) in [5, 5.41) is 3.25. The Bertz CT molecular complexity index is 2010. The molecule has 14 heteroatoms.